The second-order valence-electron chi connectivity index (χ2n) is 6.59. The fraction of sp³-hybridized carbons (Fsp3) is 0.471. The van der Waals surface area contributed by atoms with Gasteiger partial charge in [0.2, 0.25) is 15.8 Å². The SMILES string of the molecule is CCc1ccc(-c2cc(C(F)(F)F)on2)cc1S(=O)(=O)NC(C)(C)CC. The number of nitrogens with one attached hydrogen (secondary N) is 1. The van der Waals surface area contributed by atoms with Crippen LogP contribution in [0.4, 0.5) is 13.2 Å². The number of halogens is 3. The van der Waals surface area contributed by atoms with Crippen LogP contribution < -0.4 is 4.72 Å². The lowest BCUT2D eigenvalue weighted by atomic mass is 10.0. The van der Waals surface area contributed by atoms with E-state index in [1.165, 1.54) is 12.1 Å². The maximum atomic E-state index is 12.8. The molecule has 5 nitrogen and oxygen atoms in total. The Morgan fingerprint density at radius 1 is 1.15 bits per heavy atom. The summed E-state index contributed by atoms with van der Waals surface area (Å²) in [5.41, 5.74) is 0.0620. The van der Waals surface area contributed by atoms with Gasteiger partial charge >= 0.3 is 6.18 Å². The highest BCUT2D eigenvalue weighted by molar-refractivity contribution is 7.89. The van der Waals surface area contributed by atoms with Crippen molar-refractivity contribution in [2.24, 2.45) is 0 Å². The van der Waals surface area contributed by atoms with Crippen LogP contribution in [0.15, 0.2) is 33.7 Å². The quantitative estimate of drug-likeness (QED) is 0.794. The first kappa shape index (κ1) is 20.4. The van der Waals surface area contributed by atoms with Crippen LogP contribution in [0.1, 0.15) is 45.4 Å². The highest BCUT2D eigenvalue weighted by atomic mass is 32.2. The Bertz CT molecular complexity index is 887. The summed E-state index contributed by atoms with van der Waals surface area (Å²) in [6.45, 7) is 7.17. The van der Waals surface area contributed by atoms with Crippen molar-refractivity contribution in [3.05, 3.63) is 35.6 Å². The third-order valence-corrected chi connectivity index (χ3v) is 5.90. The predicted molar refractivity (Wildman–Crippen MR) is 91.0 cm³/mol. The zero-order chi connectivity index (χ0) is 19.8. The largest absolute Gasteiger partial charge is 0.452 e. The van der Waals surface area contributed by atoms with Gasteiger partial charge in [0, 0.05) is 17.2 Å². The molecule has 1 heterocycles. The van der Waals surface area contributed by atoms with Gasteiger partial charge in [0.05, 0.1) is 4.90 Å². The molecule has 0 unspecified atom stereocenters. The van der Waals surface area contributed by atoms with Crippen LogP contribution in [0.25, 0.3) is 11.3 Å². The average Bonchev–Trinajstić information content (AvgIpc) is 3.03. The molecule has 1 aromatic carbocycles. The molecule has 0 bridgehead atoms. The zero-order valence-electron chi connectivity index (χ0n) is 14.9. The normalized spacial score (nSPS) is 13.2. The van der Waals surface area contributed by atoms with E-state index in [1.807, 2.05) is 6.92 Å². The van der Waals surface area contributed by atoms with Crippen molar-refractivity contribution in [2.75, 3.05) is 0 Å². The van der Waals surface area contributed by atoms with Crippen molar-refractivity contribution in [2.45, 2.75) is 57.1 Å². The Morgan fingerprint density at radius 3 is 2.31 bits per heavy atom. The van der Waals surface area contributed by atoms with Crippen LogP contribution in [0.3, 0.4) is 0 Å². The molecule has 0 aliphatic heterocycles. The van der Waals surface area contributed by atoms with Gasteiger partial charge in [-0.3, -0.25) is 0 Å². The number of hydrogen-bond acceptors (Lipinski definition) is 4. The fourth-order valence-corrected chi connectivity index (χ4v) is 4.11. The van der Waals surface area contributed by atoms with Crippen molar-refractivity contribution in [1.82, 2.24) is 9.88 Å². The zero-order valence-corrected chi connectivity index (χ0v) is 15.8. The molecule has 0 saturated carbocycles. The number of sulfonamides is 1. The average molecular weight is 390 g/mol. The Hall–Kier alpha value is -1.87. The summed E-state index contributed by atoms with van der Waals surface area (Å²) < 4.78 is 70.6. The van der Waals surface area contributed by atoms with E-state index in [1.54, 1.807) is 26.8 Å². The van der Waals surface area contributed by atoms with Crippen molar-refractivity contribution < 1.29 is 26.1 Å². The first-order valence-electron chi connectivity index (χ1n) is 8.11. The van der Waals surface area contributed by atoms with Crippen molar-refractivity contribution >= 4 is 10.0 Å². The molecule has 2 rings (SSSR count). The van der Waals surface area contributed by atoms with E-state index in [-0.39, 0.29) is 16.2 Å². The molecule has 0 aliphatic carbocycles. The van der Waals surface area contributed by atoms with E-state index >= 15 is 0 Å². The molecule has 2 aromatic rings. The summed E-state index contributed by atoms with van der Waals surface area (Å²) in [7, 11) is -3.86. The number of hydrogen-bond donors (Lipinski definition) is 1. The predicted octanol–water partition coefficient (Wildman–Crippen LogP) is 4.39. The molecule has 9 heteroatoms. The monoisotopic (exact) mass is 390 g/mol. The standard InChI is InChI=1S/C17H21F3N2O3S/c1-5-11-7-8-12(13-10-15(25-21-13)17(18,19)20)9-14(11)26(23,24)22-16(3,4)6-2/h7-10,22H,5-6H2,1-4H3. The first-order valence-corrected chi connectivity index (χ1v) is 9.59. The van der Waals surface area contributed by atoms with Gasteiger partial charge in [-0.1, -0.05) is 31.1 Å². The van der Waals surface area contributed by atoms with Crippen LogP contribution in [0.2, 0.25) is 0 Å². The second-order valence-corrected chi connectivity index (χ2v) is 8.24. The molecule has 0 spiro atoms. The van der Waals surface area contributed by atoms with Gasteiger partial charge in [-0.25, -0.2) is 13.1 Å². The van der Waals surface area contributed by atoms with Gasteiger partial charge in [0.15, 0.2) is 0 Å². The van der Waals surface area contributed by atoms with Crippen LogP contribution in [0.5, 0.6) is 0 Å². The Labute approximate surface area is 150 Å². The van der Waals surface area contributed by atoms with Crippen molar-refractivity contribution in [1.29, 1.82) is 0 Å². The number of benzene rings is 1. The molecule has 0 radical (unpaired) electrons. The van der Waals surface area contributed by atoms with Crippen LogP contribution in [0, 0.1) is 0 Å². The van der Waals surface area contributed by atoms with E-state index < -0.39 is 27.5 Å². The lowest BCUT2D eigenvalue weighted by Gasteiger charge is -2.25. The highest BCUT2D eigenvalue weighted by Crippen LogP contribution is 2.33. The van der Waals surface area contributed by atoms with E-state index in [4.69, 9.17) is 0 Å². The molecule has 0 saturated heterocycles. The van der Waals surface area contributed by atoms with Crippen molar-refractivity contribution in [3.8, 4) is 11.3 Å². The summed E-state index contributed by atoms with van der Waals surface area (Å²) in [6, 6.07) is 5.18. The van der Waals surface area contributed by atoms with Gasteiger partial charge in [-0.15, -0.1) is 0 Å². The molecule has 0 atom stereocenters. The maximum Gasteiger partial charge on any atom is 0.452 e. The smallest absolute Gasteiger partial charge is 0.351 e. The molecule has 26 heavy (non-hydrogen) atoms. The molecule has 1 N–H and O–H groups in total. The molecule has 0 amide bonds. The van der Waals surface area contributed by atoms with Crippen LogP contribution in [-0.4, -0.2) is 19.1 Å². The minimum Gasteiger partial charge on any atom is -0.351 e. The van der Waals surface area contributed by atoms with Gasteiger partial charge in [-0.05, 0) is 38.3 Å². The number of aryl methyl sites for hydroxylation is 1. The van der Waals surface area contributed by atoms with E-state index in [9.17, 15) is 21.6 Å². The summed E-state index contributed by atoms with van der Waals surface area (Å²) in [6.07, 6.45) is -3.63. The van der Waals surface area contributed by atoms with Gasteiger partial charge in [0.1, 0.15) is 5.69 Å². The van der Waals surface area contributed by atoms with Gasteiger partial charge in [-0.2, -0.15) is 13.2 Å². The summed E-state index contributed by atoms with van der Waals surface area (Å²) >= 11 is 0. The Morgan fingerprint density at radius 2 is 1.81 bits per heavy atom. The second kappa shape index (κ2) is 7.03. The third kappa shape index (κ3) is 4.45. The summed E-state index contributed by atoms with van der Waals surface area (Å²) in [5, 5.41) is 3.41. The van der Waals surface area contributed by atoms with Gasteiger partial charge < -0.3 is 4.52 Å². The van der Waals surface area contributed by atoms with Crippen LogP contribution in [-0.2, 0) is 22.6 Å². The lowest BCUT2D eigenvalue weighted by molar-refractivity contribution is -0.155. The minimum absolute atomic E-state index is 0.0237. The third-order valence-electron chi connectivity index (χ3n) is 4.12. The fourth-order valence-electron chi connectivity index (χ4n) is 2.29. The number of rotatable bonds is 6. The van der Waals surface area contributed by atoms with Crippen molar-refractivity contribution in [3.63, 3.8) is 0 Å². The number of aromatic nitrogens is 1. The lowest BCUT2D eigenvalue weighted by Crippen LogP contribution is -2.42. The van der Waals surface area contributed by atoms with Crippen LogP contribution >= 0.6 is 0 Å². The molecule has 144 valence electrons. The van der Waals surface area contributed by atoms with E-state index in [0.29, 0.717) is 18.4 Å². The highest BCUT2D eigenvalue weighted by Gasteiger charge is 2.36. The molecule has 1 aromatic heterocycles. The minimum atomic E-state index is -4.66. The maximum absolute atomic E-state index is 12.8. The molecular weight excluding hydrogens is 369 g/mol. The first-order chi connectivity index (χ1) is 11.9. The summed E-state index contributed by atoms with van der Waals surface area (Å²) in [4.78, 5) is 0.0237. The number of alkyl halides is 3. The van der Waals surface area contributed by atoms with E-state index in [0.717, 1.165) is 6.07 Å². The topological polar surface area (TPSA) is 72.2 Å². The molecule has 0 aliphatic rings. The molecular formula is C17H21F3N2O3S. The Balaban J connectivity index is 2.51. The summed E-state index contributed by atoms with van der Waals surface area (Å²) in [5.74, 6) is -1.23. The van der Waals surface area contributed by atoms with Gasteiger partial charge in [0.25, 0.3) is 0 Å². The Kier molecular flexibility index (Phi) is 5.53. The molecule has 0 fully saturated rings. The van der Waals surface area contributed by atoms with E-state index in [2.05, 4.69) is 14.4 Å². The number of nitrogens with zero attached hydrogens (tertiary/aromatic N) is 1.